The number of nitrogens with two attached hydrogens (primary N) is 1. The van der Waals surface area contributed by atoms with Crippen molar-refractivity contribution >= 4 is 25.5 Å². The average Bonchev–Trinajstić information content (AvgIpc) is 2.12. The van der Waals surface area contributed by atoms with Gasteiger partial charge in [0.1, 0.15) is 6.04 Å². The van der Waals surface area contributed by atoms with E-state index in [2.05, 4.69) is 12.6 Å². The topological polar surface area (TPSA) is 52.3 Å². The lowest BCUT2D eigenvalue weighted by Gasteiger charge is -2.13. The monoisotopic (exact) mass is 189 g/mol. The van der Waals surface area contributed by atoms with Crippen LogP contribution in [0.1, 0.15) is 13.8 Å². The normalized spacial score (nSPS) is 12.3. The van der Waals surface area contributed by atoms with E-state index in [9.17, 15) is 4.79 Å². The summed E-state index contributed by atoms with van der Waals surface area (Å²) in [7, 11) is 0. The summed E-state index contributed by atoms with van der Waals surface area (Å²) in [6.07, 6.45) is 1.67. The van der Waals surface area contributed by atoms with Crippen molar-refractivity contribution in [1.82, 2.24) is 0 Å². The first-order chi connectivity index (χ1) is 5.65. The van der Waals surface area contributed by atoms with E-state index in [-0.39, 0.29) is 12.9 Å². The van der Waals surface area contributed by atoms with Gasteiger partial charge in [0, 0.05) is 5.75 Å². The van der Waals surface area contributed by atoms with Gasteiger partial charge < -0.3 is 10.4 Å². The van der Waals surface area contributed by atoms with Crippen LogP contribution in [0, 0.1) is 0 Å². The van der Waals surface area contributed by atoms with Crippen molar-refractivity contribution in [2.75, 3.05) is 5.75 Å². The molecule has 1 unspecified atom stereocenters. The van der Waals surface area contributed by atoms with Crippen LogP contribution in [0.2, 0.25) is 12.6 Å². The van der Waals surface area contributed by atoms with E-state index in [0.717, 1.165) is 12.6 Å². The fourth-order valence-electron chi connectivity index (χ4n) is 0.782. The molecule has 0 spiro atoms. The zero-order valence-electron chi connectivity index (χ0n) is 7.62. The van der Waals surface area contributed by atoms with Crippen LogP contribution in [0.4, 0.5) is 0 Å². The Hall–Kier alpha value is -0.155. The molecule has 0 bridgehead atoms. The highest BCUT2D eigenvalue weighted by Gasteiger charge is 2.19. The number of thiol groups is 1. The molecule has 0 saturated carbocycles. The van der Waals surface area contributed by atoms with Crippen molar-refractivity contribution in [3.63, 3.8) is 0 Å². The predicted molar refractivity (Wildman–Crippen MR) is 54.6 cm³/mol. The summed E-state index contributed by atoms with van der Waals surface area (Å²) in [4.78, 5) is 11.1. The summed E-state index contributed by atoms with van der Waals surface area (Å²) in [5, 5.41) is 0. The summed E-state index contributed by atoms with van der Waals surface area (Å²) in [6, 6.07) is -0.589. The fourth-order valence-corrected chi connectivity index (χ4v) is 0.931. The first-order valence-corrected chi connectivity index (χ1v) is 4.85. The molecule has 2 N–H and O–H groups in total. The van der Waals surface area contributed by atoms with Crippen molar-refractivity contribution in [1.29, 1.82) is 0 Å². The van der Waals surface area contributed by atoms with Crippen molar-refractivity contribution in [2.24, 2.45) is 5.73 Å². The molecule has 0 fully saturated rings. The van der Waals surface area contributed by atoms with Crippen LogP contribution in [0.25, 0.3) is 0 Å². The minimum Gasteiger partial charge on any atom is -0.535 e. The molecule has 0 aliphatic heterocycles. The molecule has 0 aromatic heterocycles. The standard InChI is InChI=1S/C7H16BNO2S/c1-3-8(4-2)11-7(10)6(9)5-12/h6,12H,3-5,9H2,1-2H3. The highest BCUT2D eigenvalue weighted by Crippen LogP contribution is 2.01. The van der Waals surface area contributed by atoms with Gasteiger partial charge >= 0.3 is 12.9 Å². The van der Waals surface area contributed by atoms with E-state index in [1.807, 2.05) is 13.8 Å². The maximum absolute atomic E-state index is 11.1. The fraction of sp³-hybridized carbons (Fsp3) is 0.857. The maximum Gasteiger partial charge on any atom is 0.361 e. The van der Waals surface area contributed by atoms with Gasteiger partial charge in [-0.25, -0.2) is 0 Å². The zero-order chi connectivity index (χ0) is 9.56. The molecule has 0 saturated heterocycles. The molecule has 1 atom stereocenters. The van der Waals surface area contributed by atoms with E-state index in [4.69, 9.17) is 10.4 Å². The largest absolute Gasteiger partial charge is 0.535 e. The SMILES string of the molecule is CCB(CC)OC(=O)C(N)CS. The third-order valence-corrected chi connectivity index (χ3v) is 2.09. The van der Waals surface area contributed by atoms with Crippen molar-refractivity contribution in [3.8, 4) is 0 Å². The average molecular weight is 189 g/mol. The zero-order valence-corrected chi connectivity index (χ0v) is 8.51. The summed E-state index contributed by atoms with van der Waals surface area (Å²) >= 11 is 3.91. The van der Waals surface area contributed by atoms with Gasteiger partial charge in [-0.1, -0.05) is 13.8 Å². The minimum absolute atomic E-state index is 0.00318. The number of hydrogen-bond acceptors (Lipinski definition) is 4. The van der Waals surface area contributed by atoms with Gasteiger partial charge in [-0.3, -0.25) is 4.79 Å². The van der Waals surface area contributed by atoms with Gasteiger partial charge in [0.2, 0.25) is 0 Å². The second-order valence-electron chi connectivity index (χ2n) is 2.66. The Balaban J connectivity index is 3.81. The molecule has 0 rings (SSSR count). The molecule has 0 aliphatic carbocycles. The lowest BCUT2D eigenvalue weighted by molar-refractivity contribution is -0.135. The number of carbonyl (C=O) groups is 1. The molecule has 3 nitrogen and oxygen atoms in total. The predicted octanol–water partition coefficient (Wildman–Crippen LogP) is 0.818. The van der Waals surface area contributed by atoms with Gasteiger partial charge in [0.25, 0.3) is 0 Å². The Bertz CT molecular complexity index is 141. The van der Waals surface area contributed by atoms with Gasteiger partial charge in [0.05, 0.1) is 0 Å². The number of carbonyl (C=O) groups excluding carboxylic acids is 1. The Morgan fingerprint density at radius 1 is 1.58 bits per heavy atom. The smallest absolute Gasteiger partial charge is 0.361 e. The van der Waals surface area contributed by atoms with Crippen LogP contribution in [-0.2, 0) is 9.45 Å². The van der Waals surface area contributed by atoms with Gasteiger partial charge in [-0.05, 0) is 12.6 Å². The summed E-state index contributed by atoms with van der Waals surface area (Å²) in [5.41, 5.74) is 5.42. The highest BCUT2D eigenvalue weighted by molar-refractivity contribution is 7.80. The molecule has 0 aromatic carbocycles. The van der Waals surface area contributed by atoms with Crippen molar-refractivity contribution < 1.29 is 9.45 Å². The molecular formula is C7H16BNO2S. The Kier molecular flexibility index (Phi) is 6.29. The van der Waals surface area contributed by atoms with E-state index in [1.165, 1.54) is 0 Å². The second-order valence-corrected chi connectivity index (χ2v) is 3.03. The summed E-state index contributed by atoms with van der Waals surface area (Å²) < 4.78 is 5.09. The van der Waals surface area contributed by atoms with Crippen LogP contribution in [0.15, 0.2) is 0 Å². The van der Waals surface area contributed by atoms with Gasteiger partial charge in [-0.15, -0.1) is 0 Å². The van der Waals surface area contributed by atoms with E-state index in [0.29, 0.717) is 5.75 Å². The van der Waals surface area contributed by atoms with Crippen LogP contribution in [-0.4, -0.2) is 24.7 Å². The lowest BCUT2D eigenvalue weighted by Crippen LogP contribution is -2.37. The second kappa shape index (κ2) is 6.37. The van der Waals surface area contributed by atoms with Crippen molar-refractivity contribution in [2.45, 2.75) is 32.5 Å². The van der Waals surface area contributed by atoms with Crippen LogP contribution in [0.5, 0.6) is 0 Å². The quantitative estimate of drug-likeness (QED) is 0.497. The molecule has 0 amide bonds. The molecule has 0 aliphatic rings. The van der Waals surface area contributed by atoms with Gasteiger partial charge in [-0.2, -0.15) is 12.6 Å². The number of rotatable bonds is 5. The van der Waals surface area contributed by atoms with Crippen molar-refractivity contribution in [3.05, 3.63) is 0 Å². The first-order valence-electron chi connectivity index (χ1n) is 4.22. The lowest BCUT2D eigenvalue weighted by atomic mass is 9.62. The number of hydrogen-bond donors (Lipinski definition) is 2. The first kappa shape index (κ1) is 11.8. The molecule has 5 heteroatoms. The molecule has 0 radical (unpaired) electrons. The Morgan fingerprint density at radius 3 is 2.42 bits per heavy atom. The summed E-state index contributed by atoms with van der Waals surface area (Å²) in [6.45, 7) is 3.96. The molecule has 0 aromatic rings. The third-order valence-electron chi connectivity index (χ3n) is 1.69. The molecule has 0 heterocycles. The van der Waals surface area contributed by atoms with E-state index >= 15 is 0 Å². The molecule has 12 heavy (non-hydrogen) atoms. The van der Waals surface area contributed by atoms with E-state index < -0.39 is 6.04 Å². The van der Waals surface area contributed by atoms with E-state index in [1.54, 1.807) is 0 Å². The molecule has 70 valence electrons. The van der Waals surface area contributed by atoms with Gasteiger partial charge in [0.15, 0.2) is 0 Å². The van der Waals surface area contributed by atoms with Crippen LogP contribution < -0.4 is 5.73 Å². The molecular weight excluding hydrogens is 173 g/mol. The van der Waals surface area contributed by atoms with Crippen LogP contribution in [0.3, 0.4) is 0 Å². The Morgan fingerprint density at radius 2 is 2.08 bits per heavy atom. The van der Waals surface area contributed by atoms with Crippen LogP contribution >= 0.6 is 12.6 Å². The summed E-state index contributed by atoms with van der Waals surface area (Å²) in [5.74, 6) is -0.0161. The third kappa shape index (κ3) is 4.02. The minimum atomic E-state index is -0.589. The maximum atomic E-state index is 11.1. The Labute approximate surface area is 79.6 Å². The highest BCUT2D eigenvalue weighted by atomic mass is 32.1.